The standard InChI is InChI=1S/C10H22ClN/c1-9(2,3)6-7-12-10(4,5)8-11/h12H,6-8H2,1-5H3. The summed E-state index contributed by atoms with van der Waals surface area (Å²) in [7, 11) is 0. The van der Waals surface area contributed by atoms with Gasteiger partial charge in [-0.2, -0.15) is 0 Å². The van der Waals surface area contributed by atoms with Gasteiger partial charge in [-0.3, -0.25) is 0 Å². The number of alkyl halides is 1. The van der Waals surface area contributed by atoms with Gasteiger partial charge in [-0.1, -0.05) is 20.8 Å². The highest BCUT2D eigenvalue weighted by atomic mass is 35.5. The first-order chi connectivity index (χ1) is 5.27. The summed E-state index contributed by atoms with van der Waals surface area (Å²) in [5, 5.41) is 3.43. The van der Waals surface area contributed by atoms with E-state index in [-0.39, 0.29) is 5.54 Å². The van der Waals surface area contributed by atoms with Crippen molar-refractivity contribution in [1.29, 1.82) is 0 Å². The van der Waals surface area contributed by atoms with Crippen LogP contribution in [0.25, 0.3) is 0 Å². The molecule has 0 fully saturated rings. The molecule has 0 atom stereocenters. The zero-order chi connectivity index (χ0) is 9.83. The molecule has 1 N–H and O–H groups in total. The molecule has 0 saturated heterocycles. The van der Waals surface area contributed by atoms with Crippen LogP contribution in [-0.4, -0.2) is 18.0 Å². The number of nitrogens with one attached hydrogen (secondary N) is 1. The van der Waals surface area contributed by atoms with E-state index >= 15 is 0 Å². The van der Waals surface area contributed by atoms with Crippen LogP contribution in [-0.2, 0) is 0 Å². The maximum absolute atomic E-state index is 5.78. The van der Waals surface area contributed by atoms with Crippen molar-refractivity contribution in [1.82, 2.24) is 5.32 Å². The third-order valence-electron chi connectivity index (χ3n) is 1.81. The minimum atomic E-state index is 0.0762. The second-order valence-corrected chi connectivity index (χ2v) is 5.52. The van der Waals surface area contributed by atoms with E-state index < -0.39 is 0 Å². The Kier molecular flexibility index (Phi) is 4.57. The molecule has 0 aliphatic carbocycles. The van der Waals surface area contributed by atoms with Gasteiger partial charge >= 0.3 is 0 Å². The van der Waals surface area contributed by atoms with Crippen molar-refractivity contribution in [2.75, 3.05) is 12.4 Å². The third kappa shape index (κ3) is 6.93. The number of rotatable bonds is 4. The highest BCUT2D eigenvalue weighted by molar-refractivity contribution is 6.18. The fourth-order valence-corrected chi connectivity index (χ4v) is 0.918. The normalized spacial score (nSPS) is 13.5. The molecule has 0 amide bonds. The van der Waals surface area contributed by atoms with Gasteiger partial charge in [0.25, 0.3) is 0 Å². The van der Waals surface area contributed by atoms with Crippen LogP contribution in [0.15, 0.2) is 0 Å². The Morgan fingerprint density at radius 2 is 1.58 bits per heavy atom. The predicted molar refractivity (Wildman–Crippen MR) is 56.9 cm³/mol. The van der Waals surface area contributed by atoms with Crippen LogP contribution in [0.4, 0.5) is 0 Å². The predicted octanol–water partition coefficient (Wildman–Crippen LogP) is 3.03. The molecule has 0 aromatic carbocycles. The summed E-state index contributed by atoms with van der Waals surface area (Å²) < 4.78 is 0. The maximum atomic E-state index is 5.78. The Morgan fingerprint density at radius 1 is 1.08 bits per heavy atom. The molecule has 0 spiro atoms. The topological polar surface area (TPSA) is 12.0 Å². The zero-order valence-corrected chi connectivity index (χ0v) is 9.76. The number of halogens is 1. The minimum absolute atomic E-state index is 0.0762. The van der Waals surface area contributed by atoms with E-state index in [2.05, 4.69) is 39.9 Å². The number of hydrogen-bond donors (Lipinski definition) is 1. The molecule has 2 heteroatoms. The van der Waals surface area contributed by atoms with Gasteiger partial charge in [0.1, 0.15) is 0 Å². The van der Waals surface area contributed by atoms with Gasteiger partial charge < -0.3 is 5.32 Å². The Bertz CT molecular complexity index is 124. The van der Waals surface area contributed by atoms with Crippen LogP contribution in [0.3, 0.4) is 0 Å². The number of hydrogen-bond acceptors (Lipinski definition) is 1. The molecule has 0 rings (SSSR count). The summed E-state index contributed by atoms with van der Waals surface area (Å²) in [6.45, 7) is 12.1. The summed E-state index contributed by atoms with van der Waals surface area (Å²) in [6.07, 6.45) is 1.19. The van der Waals surface area contributed by atoms with E-state index in [0.717, 1.165) is 6.54 Å². The summed E-state index contributed by atoms with van der Waals surface area (Å²) in [5.41, 5.74) is 0.488. The third-order valence-corrected chi connectivity index (χ3v) is 2.48. The van der Waals surface area contributed by atoms with Crippen LogP contribution in [0.2, 0.25) is 0 Å². The van der Waals surface area contributed by atoms with Crippen molar-refractivity contribution in [2.45, 2.75) is 46.6 Å². The maximum Gasteiger partial charge on any atom is 0.0400 e. The fourth-order valence-electron chi connectivity index (χ4n) is 0.823. The van der Waals surface area contributed by atoms with Crippen molar-refractivity contribution in [2.24, 2.45) is 5.41 Å². The molecule has 0 bridgehead atoms. The van der Waals surface area contributed by atoms with Gasteiger partial charge in [0.15, 0.2) is 0 Å². The summed E-state index contributed by atoms with van der Waals surface area (Å²) in [5.74, 6) is 0.664. The molecule has 1 nitrogen and oxygen atoms in total. The Hall–Kier alpha value is 0.250. The summed E-state index contributed by atoms with van der Waals surface area (Å²) >= 11 is 5.78. The van der Waals surface area contributed by atoms with Crippen LogP contribution in [0.1, 0.15) is 41.0 Å². The molecule has 12 heavy (non-hydrogen) atoms. The molecule has 0 aromatic rings. The van der Waals surface area contributed by atoms with Crippen LogP contribution in [0.5, 0.6) is 0 Å². The molecule has 0 heterocycles. The lowest BCUT2D eigenvalue weighted by Gasteiger charge is -2.26. The molecule has 0 aliphatic rings. The van der Waals surface area contributed by atoms with E-state index in [1.54, 1.807) is 0 Å². The highest BCUT2D eigenvalue weighted by Gasteiger charge is 2.16. The monoisotopic (exact) mass is 191 g/mol. The van der Waals surface area contributed by atoms with Crippen molar-refractivity contribution in [3.05, 3.63) is 0 Å². The first kappa shape index (κ1) is 12.2. The molecule has 0 saturated carbocycles. The van der Waals surface area contributed by atoms with Crippen LogP contribution < -0.4 is 5.32 Å². The van der Waals surface area contributed by atoms with Crippen molar-refractivity contribution in [3.63, 3.8) is 0 Å². The van der Waals surface area contributed by atoms with E-state index in [0.29, 0.717) is 11.3 Å². The Balaban J connectivity index is 3.57. The van der Waals surface area contributed by atoms with Gasteiger partial charge in [-0.15, -0.1) is 11.6 Å². The van der Waals surface area contributed by atoms with Gasteiger partial charge in [0.05, 0.1) is 0 Å². The van der Waals surface area contributed by atoms with E-state index in [1.807, 2.05) is 0 Å². The molecule has 0 unspecified atom stereocenters. The molecule has 0 radical (unpaired) electrons. The second kappa shape index (κ2) is 4.48. The molecule has 0 aliphatic heterocycles. The van der Waals surface area contributed by atoms with Crippen molar-refractivity contribution < 1.29 is 0 Å². The lowest BCUT2D eigenvalue weighted by Crippen LogP contribution is -2.42. The lowest BCUT2D eigenvalue weighted by molar-refractivity contribution is 0.333. The van der Waals surface area contributed by atoms with Gasteiger partial charge in [0, 0.05) is 11.4 Å². The molecular weight excluding hydrogens is 170 g/mol. The molecule has 74 valence electrons. The Labute approximate surface area is 81.9 Å². The fraction of sp³-hybridized carbons (Fsp3) is 1.00. The van der Waals surface area contributed by atoms with E-state index in [9.17, 15) is 0 Å². The average molecular weight is 192 g/mol. The molecule has 0 aromatic heterocycles. The lowest BCUT2D eigenvalue weighted by atomic mass is 9.92. The van der Waals surface area contributed by atoms with E-state index in [1.165, 1.54) is 6.42 Å². The minimum Gasteiger partial charge on any atom is -0.311 e. The largest absolute Gasteiger partial charge is 0.311 e. The summed E-state index contributed by atoms with van der Waals surface area (Å²) in [6, 6.07) is 0. The molecular formula is C10H22ClN. The quantitative estimate of drug-likeness (QED) is 0.674. The van der Waals surface area contributed by atoms with Crippen molar-refractivity contribution in [3.8, 4) is 0 Å². The van der Waals surface area contributed by atoms with Gasteiger partial charge in [0.2, 0.25) is 0 Å². The smallest absolute Gasteiger partial charge is 0.0400 e. The van der Waals surface area contributed by atoms with Crippen molar-refractivity contribution >= 4 is 11.6 Å². The SMILES string of the molecule is CC(C)(C)CCNC(C)(C)CCl. The highest BCUT2D eigenvalue weighted by Crippen LogP contribution is 2.17. The van der Waals surface area contributed by atoms with Crippen LogP contribution >= 0.6 is 11.6 Å². The first-order valence-corrected chi connectivity index (χ1v) is 5.11. The Morgan fingerprint density at radius 3 is 1.92 bits per heavy atom. The summed E-state index contributed by atoms with van der Waals surface area (Å²) in [4.78, 5) is 0. The van der Waals surface area contributed by atoms with E-state index in [4.69, 9.17) is 11.6 Å². The van der Waals surface area contributed by atoms with Gasteiger partial charge in [-0.25, -0.2) is 0 Å². The average Bonchev–Trinajstić information content (AvgIpc) is 1.84. The van der Waals surface area contributed by atoms with Gasteiger partial charge in [-0.05, 0) is 32.2 Å². The zero-order valence-electron chi connectivity index (χ0n) is 9.00. The first-order valence-electron chi connectivity index (χ1n) is 4.58. The van der Waals surface area contributed by atoms with Crippen LogP contribution in [0, 0.1) is 5.41 Å². The second-order valence-electron chi connectivity index (χ2n) is 5.25.